The van der Waals surface area contributed by atoms with E-state index in [1.165, 1.54) is 0 Å². The second-order valence-electron chi connectivity index (χ2n) is 8.05. The zero-order chi connectivity index (χ0) is 21.8. The molecule has 1 aliphatic carbocycles. The molecule has 3 aromatic rings. The lowest BCUT2D eigenvalue weighted by atomic mass is 10.0. The third kappa shape index (κ3) is 5.29. The average molecular weight is 420 g/mol. The maximum atomic E-state index is 9.85. The van der Waals surface area contributed by atoms with Crippen LogP contribution in [-0.2, 0) is 11.3 Å². The Balaban J connectivity index is 1.39. The highest BCUT2D eigenvalue weighted by molar-refractivity contribution is 5.66. The van der Waals surface area contributed by atoms with Gasteiger partial charge in [0.2, 0.25) is 0 Å². The molecule has 6 nitrogen and oxygen atoms in total. The van der Waals surface area contributed by atoms with Crippen LogP contribution in [0, 0.1) is 0 Å². The van der Waals surface area contributed by atoms with Gasteiger partial charge in [0.05, 0.1) is 25.4 Å². The first-order chi connectivity index (χ1) is 15.0. The fraction of sp³-hybridized carbons (Fsp3) is 0.320. The molecule has 162 valence electrons. The van der Waals surface area contributed by atoms with E-state index in [0.717, 1.165) is 28.7 Å². The number of benzene rings is 2. The summed E-state index contributed by atoms with van der Waals surface area (Å²) < 4.78 is 7.53. The molecule has 2 aromatic carbocycles. The molecule has 4 atom stereocenters. The first-order valence-electron chi connectivity index (χ1n) is 10.6. The summed E-state index contributed by atoms with van der Waals surface area (Å²) in [6, 6.07) is 16.6. The first-order valence-corrected chi connectivity index (χ1v) is 10.6. The van der Waals surface area contributed by atoms with E-state index in [4.69, 9.17) is 10.5 Å². The van der Waals surface area contributed by atoms with Crippen molar-refractivity contribution in [2.45, 2.75) is 44.2 Å². The van der Waals surface area contributed by atoms with Crippen LogP contribution in [0.2, 0.25) is 0 Å². The zero-order valence-corrected chi connectivity index (χ0v) is 17.6. The van der Waals surface area contributed by atoms with Crippen LogP contribution in [0.5, 0.6) is 0 Å². The predicted molar refractivity (Wildman–Crippen MR) is 121 cm³/mol. The summed E-state index contributed by atoms with van der Waals surface area (Å²) >= 11 is 0. The minimum absolute atomic E-state index is 0.0760. The number of rotatable bonds is 9. The quantitative estimate of drug-likeness (QED) is 0.494. The van der Waals surface area contributed by atoms with Gasteiger partial charge in [0.15, 0.2) is 0 Å². The largest absolute Gasteiger partial charge is 0.394 e. The van der Waals surface area contributed by atoms with Crippen LogP contribution in [0.25, 0.3) is 17.2 Å². The van der Waals surface area contributed by atoms with Gasteiger partial charge in [-0.1, -0.05) is 60.7 Å². The SMILES string of the molecule is C[C@H](O)c1nccn1C(C=Cc1ccc(-c2ccc(CO[C@@H]3C[C@@H]3N)cc2)cc1)CO. The lowest BCUT2D eigenvalue weighted by molar-refractivity contribution is 0.102. The highest BCUT2D eigenvalue weighted by Gasteiger charge is 2.34. The van der Waals surface area contributed by atoms with Gasteiger partial charge in [0, 0.05) is 18.4 Å². The van der Waals surface area contributed by atoms with Gasteiger partial charge in [-0.05, 0) is 35.6 Å². The number of hydrogen-bond donors (Lipinski definition) is 3. The summed E-state index contributed by atoms with van der Waals surface area (Å²) in [5, 5.41) is 19.6. The number of nitrogens with two attached hydrogens (primary N) is 1. The Morgan fingerprint density at radius 3 is 2.39 bits per heavy atom. The van der Waals surface area contributed by atoms with Gasteiger partial charge >= 0.3 is 0 Å². The predicted octanol–water partition coefficient (Wildman–Crippen LogP) is 3.47. The number of ether oxygens (including phenoxy) is 1. The Labute approximate surface area is 182 Å². The molecule has 0 radical (unpaired) electrons. The Hall–Kier alpha value is -2.77. The lowest BCUT2D eigenvalue weighted by Crippen LogP contribution is -2.14. The van der Waals surface area contributed by atoms with Crippen LogP contribution in [0.4, 0.5) is 0 Å². The second-order valence-corrected chi connectivity index (χ2v) is 8.05. The standard InChI is InChI=1S/C25H29N3O3/c1-17(30)25-27-12-13-28(25)22(15-29)11-6-18-2-7-20(8-3-18)21-9-4-19(5-10-21)16-31-24-14-23(24)26/h2-13,17,22-24,29-30H,14-16,26H2,1H3/t17-,22?,23-,24+/m0/s1. The Bertz CT molecular complexity index is 1010. The third-order valence-electron chi connectivity index (χ3n) is 5.57. The molecule has 1 aliphatic rings. The smallest absolute Gasteiger partial charge is 0.137 e. The highest BCUT2D eigenvalue weighted by Crippen LogP contribution is 2.25. The molecule has 0 bridgehead atoms. The van der Waals surface area contributed by atoms with Crippen LogP contribution in [0.1, 0.15) is 42.4 Å². The molecular weight excluding hydrogens is 390 g/mol. The van der Waals surface area contributed by atoms with Crippen LogP contribution >= 0.6 is 0 Å². The van der Waals surface area contributed by atoms with E-state index >= 15 is 0 Å². The van der Waals surface area contributed by atoms with Crippen molar-refractivity contribution in [3.63, 3.8) is 0 Å². The van der Waals surface area contributed by atoms with Gasteiger partial charge in [-0.3, -0.25) is 0 Å². The minimum atomic E-state index is -0.694. The molecule has 1 heterocycles. The molecule has 0 amide bonds. The topological polar surface area (TPSA) is 93.5 Å². The van der Waals surface area contributed by atoms with Gasteiger partial charge < -0.3 is 25.3 Å². The van der Waals surface area contributed by atoms with E-state index in [1.807, 2.05) is 12.2 Å². The molecule has 0 aliphatic heterocycles. The van der Waals surface area contributed by atoms with Crippen molar-refractivity contribution in [2.24, 2.45) is 5.73 Å². The summed E-state index contributed by atoms with van der Waals surface area (Å²) in [6.07, 6.45) is 7.78. The minimum Gasteiger partial charge on any atom is -0.394 e. The molecule has 1 unspecified atom stereocenters. The van der Waals surface area contributed by atoms with Crippen molar-refractivity contribution in [1.82, 2.24) is 9.55 Å². The van der Waals surface area contributed by atoms with Gasteiger partial charge in [0.1, 0.15) is 11.9 Å². The normalized spacial score (nSPS) is 20.1. The summed E-state index contributed by atoms with van der Waals surface area (Å²) in [6.45, 7) is 2.19. The highest BCUT2D eigenvalue weighted by atomic mass is 16.5. The molecule has 1 fully saturated rings. The summed E-state index contributed by atoms with van der Waals surface area (Å²) in [5.74, 6) is 0.535. The molecule has 4 N–H and O–H groups in total. The summed E-state index contributed by atoms with van der Waals surface area (Å²) in [4.78, 5) is 4.17. The molecule has 0 saturated heterocycles. The fourth-order valence-corrected chi connectivity index (χ4v) is 3.56. The van der Waals surface area contributed by atoms with Gasteiger partial charge in [0.25, 0.3) is 0 Å². The van der Waals surface area contributed by atoms with Crippen molar-refractivity contribution in [1.29, 1.82) is 0 Å². The lowest BCUT2D eigenvalue weighted by Gasteiger charge is -2.16. The van der Waals surface area contributed by atoms with Crippen molar-refractivity contribution in [3.05, 3.63) is 84.0 Å². The van der Waals surface area contributed by atoms with Crippen molar-refractivity contribution in [2.75, 3.05) is 6.61 Å². The first kappa shape index (κ1) is 21.5. The second kappa shape index (κ2) is 9.58. The maximum Gasteiger partial charge on any atom is 0.137 e. The zero-order valence-electron chi connectivity index (χ0n) is 17.6. The van der Waals surface area contributed by atoms with Crippen molar-refractivity contribution in [3.8, 4) is 11.1 Å². The van der Waals surface area contributed by atoms with Crippen molar-refractivity contribution >= 4 is 6.08 Å². The summed E-state index contributed by atoms with van der Waals surface area (Å²) in [5.41, 5.74) is 10.2. The van der Waals surface area contributed by atoms with E-state index in [9.17, 15) is 10.2 Å². The van der Waals surface area contributed by atoms with E-state index in [0.29, 0.717) is 12.4 Å². The van der Waals surface area contributed by atoms with E-state index in [-0.39, 0.29) is 24.8 Å². The molecule has 1 saturated carbocycles. The monoisotopic (exact) mass is 419 g/mol. The van der Waals surface area contributed by atoms with E-state index in [1.54, 1.807) is 23.9 Å². The molecule has 1 aromatic heterocycles. The Morgan fingerprint density at radius 2 is 1.81 bits per heavy atom. The number of imidazole rings is 1. The maximum absolute atomic E-state index is 9.85. The fourth-order valence-electron chi connectivity index (χ4n) is 3.56. The van der Waals surface area contributed by atoms with Gasteiger partial charge in [-0.2, -0.15) is 0 Å². The van der Waals surface area contributed by atoms with Crippen molar-refractivity contribution < 1.29 is 14.9 Å². The van der Waals surface area contributed by atoms with Crippen LogP contribution < -0.4 is 5.73 Å². The Kier molecular flexibility index (Phi) is 6.63. The van der Waals surface area contributed by atoms with E-state index < -0.39 is 6.10 Å². The summed E-state index contributed by atoms with van der Waals surface area (Å²) in [7, 11) is 0. The molecule has 6 heteroatoms. The van der Waals surface area contributed by atoms with Gasteiger partial charge in [-0.15, -0.1) is 0 Å². The number of nitrogens with zero attached hydrogens (tertiary/aromatic N) is 2. The molecule has 0 spiro atoms. The molecular formula is C25H29N3O3. The van der Waals surface area contributed by atoms with Crippen LogP contribution in [0.15, 0.2) is 67.0 Å². The Morgan fingerprint density at radius 1 is 1.16 bits per heavy atom. The van der Waals surface area contributed by atoms with Crippen LogP contribution in [-0.4, -0.2) is 38.5 Å². The van der Waals surface area contributed by atoms with E-state index in [2.05, 4.69) is 53.5 Å². The average Bonchev–Trinajstić information content (AvgIpc) is 3.27. The van der Waals surface area contributed by atoms with Crippen LogP contribution in [0.3, 0.4) is 0 Å². The molecule has 4 rings (SSSR count). The third-order valence-corrected chi connectivity index (χ3v) is 5.57. The number of aromatic nitrogens is 2. The number of aliphatic hydroxyl groups is 2. The number of hydrogen-bond acceptors (Lipinski definition) is 5. The van der Waals surface area contributed by atoms with Gasteiger partial charge in [-0.25, -0.2) is 4.98 Å². The molecule has 31 heavy (non-hydrogen) atoms. The number of aliphatic hydroxyl groups excluding tert-OH is 2.